The number of rotatable bonds is 8. The van der Waals surface area contributed by atoms with Gasteiger partial charge < -0.3 is 14.4 Å². The molecule has 9 heteroatoms. The van der Waals surface area contributed by atoms with Crippen LogP contribution in [0.1, 0.15) is 49.9 Å². The van der Waals surface area contributed by atoms with E-state index in [4.69, 9.17) is 9.47 Å². The lowest BCUT2D eigenvalue weighted by Crippen LogP contribution is -2.46. The third kappa shape index (κ3) is 4.78. The summed E-state index contributed by atoms with van der Waals surface area (Å²) in [6.45, 7) is 2.54. The van der Waals surface area contributed by atoms with Crippen molar-refractivity contribution in [1.82, 2.24) is 14.3 Å². The Morgan fingerprint density at radius 2 is 2.09 bits per heavy atom. The van der Waals surface area contributed by atoms with Gasteiger partial charge in [-0.2, -0.15) is 0 Å². The molecule has 33 heavy (non-hydrogen) atoms. The summed E-state index contributed by atoms with van der Waals surface area (Å²) in [4.78, 5) is 45.1. The number of methoxy groups -OCH3 is 1. The molecule has 0 N–H and O–H groups in total. The number of esters is 1. The van der Waals surface area contributed by atoms with Gasteiger partial charge in [0, 0.05) is 36.2 Å². The number of fused-ring (bicyclic) bond motifs is 1. The van der Waals surface area contributed by atoms with Gasteiger partial charge in [0.05, 0.1) is 24.8 Å². The molecule has 1 aliphatic heterocycles. The first kappa shape index (κ1) is 23.0. The highest BCUT2D eigenvalue weighted by atomic mass is 32.1. The minimum atomic E-state index is -0.539. The number of thiazole rings is 1. The Morgan fingerprint density at radius 3 is 2.88 bits per heavy atom. The fourth-order valence-corrected chi connectivity index (χ4v) is 5.04. The highest BCUT2D eigenvalue weighted by molar-refractivity contribution is 7.15. The van der Waals surface area contributed by atoms with Crippen molar-refractivity contribution in [3.05, 3.63) is 63.5 Å². The number of piperidine rings is 1. The minimum absolute atomic E-state index is 0.0289. The Bertz CT molecular complexity index is 1200. The van der Waals surface area contributed by atoms with Crippen LogP contribution in [0.5, 0.6) is 5.75 Å². The fourth-order valence-electron chi connectivity index (χ4n) is 4.30. The van der Waals surface area contributed by atoms with Crippen LogP contribution in [0.3, 0.4) is 0 Å². The number of hydrogen-bond acceptors (Lipinski definition) is 7. The molecule has 3 heterocycles. The Morgan fingerprint density at radius 1 is 1.27 bits per heavy atom. The molecule has 0 saturated carbocycles. The number of nitrogens with zero attached hydrogens (tertiary/aromatic N) is 3. The Labute approximate surface area is 195 Å². The second-order valence-electron chi connectivity index (χ2n) is 8.02. The first-order chi connectivity index (χ1) is 16.0. The van der Waals surface area contributed by atoms with E-state index in [0.717, 1.165) is 18.4 Å². The van der Waals surface area contributed by atoms with Gasteiger partial charge in [0.25, 0.3) is 5.56 Å². The van der Waals surface area contributed by atoms with E-state index in [-0.39, 0.29) is 24.5 Å². The molecular weight excluding hydrogens is 442 g/mol. The van der Waals surface area contributed by atoms with E-state index in [0.29, 0.717) is 29.4 Å². The van der Waals surface area contributed by atoms with Gasteiger partial charge in [-0.05, 0) is 18.9 Å². The number of para-hydroxylation sites is 1. The highest BCUT2D eigenvalue weighted by Crippen LogP contribution is 2.41. The summed E-state index contributed by atoms with van der Waals surface area (Å²) in [5, 5.41) is 1.78. The van der Waals surface area contributed by atoms with E-state index >= 15 is 0 Å². The van der Waals surface area contributed by atoms with Crippen LogP contribution in [0.2, 0.25) is 0 Å². The summed E-state index contributed by atoms with van der Waals surface area (Å²) in [6, 6.07) is 8.38. The first-order valence-electron chi connectivity index (χ1n) is 11.1. The first-order valence-corrected chi connectivity index (χ1v) is 12.0. The lowest BCUT2D eigenvalue weighted by Gasteiger charge is -2.40. The summed E-state index contributed by atoms with van der Waals surface area (Å²) in [6.07, 6.45) is 4.11. The smallest absolute Gasteiger partial charge is 0.311 e. The van der Waals surface area contributed by atoms with Gasteiger partial charge in [0.15, 0.2) is 4.96 Å². The second-order valence-corrected chi connectivity index (χ2v) is 8.89. The number of carbonyl (C=O) groups excluding carboxylic acids is 2. The van der Waals surface area contributed by atoms with Crippen molar-refractivity contribution >= 4 is 28.2 Å². The van der Waals surface area contributed by atoms with Gasteiger partial charge >= 0.3 is 5.97 Å². The monoisotopic (exact) mass is 469 g/mol. The highest BCUT2D eigenvalue weighted by Gasteiger charge is 2.42. The molecule has 0 radical (unpaired) electrons. The molecule has 0 unspecified atom stereocenters. The largest absolute Gasteiger partial charge is 0.496 e. The molecule has 174 valence electrons. The van der Waals surface area contributed by atoms with Crippen LogP contribution in [0.4, 0.5) is 0 Å². The molecule has 4 rings (SSSR count). The Balaban J connectivity index is 1.60. The lowest BCUT2D eigenvalue weighted by molar-refractivity contribution is -0.158. The van der Waals surface area contributed by atoms with E-state index in [1.165, 1.54) is 21.8 Å². The van der Waals surface area contributed by atoms with E-state index in [1.54, 1.807) is 23.6 Å². The fraction of sp³-hybridized carbons (Fsp3) is 0.417. The predicted molar refractivity (Wildman–Crippen MR) is 124 cm³/mol. The van der Waals surface area contributed by atoms with Gasteiger partial charge in [0.1, 0.15) is 12.4 Å². The number of carbonyl (C=O) groups is 2. The van der Waals surface area contributed by atoms with Crippen molar-refractivity contribution in [2.45, 2.75) is 45.3 Å². The van der Waals surface area contributed by atoms with Crippen LogP contribution in [-0.4, -0.2) is 39.8 Å². The summed E-state index contributed by atoms with van der Waals surface area (Å²) < 4.78 is 12.6. The maximum Gasteiger partial charge on any atom is 0.311 e. The Hall–Kier alpha value is -3.20. The topological polar surface area (TPSA) is 90.2 Å². The van der Waals surface area contributed by atoms with Crippen LogP contribution in [-0.2, 0) is 20.9 Å². The van der Waals surface area contributed by atoms with Gasteiger partial charge in [-0.1, -0.05) is 31.5 Å². The molecule has 0 bridgehead atoms. The minimum Gasteiger partial charge on any atom is -0.496 e. The molecule has 1 aromatic carbocycles. The van der Waals surface area contributed by atoms with E-state index in [1.807, 2.05) is 24.3 Å². The number of likely N-dealkylation sites (tertiary alicyclic amines) is 1. The predicted octanol–water partition coefficient (Wildman–Crippen LogP) is 3.59. The summed E-state index contributed by atoms with van der Waals surface area (Å²) in [7, 11) is 1.58. The summed E-state index contributed by atoms with van der Waals surface area (Å²) in [5.74, 6) is -0.286. The van der Waals surface area contributed by atoms with Crippen LogP contribution < -0.4 is 10.3 Å². The lowest BCUT2D eigenvalue weighted by atomic mass is 9.83. The van der Waals surface area contributed by atoms with Crippen molar-refractivity contribution in [3.63, 3.8) is 0 Å². The van der Waals surface area contributed by atoms with Crippen LogP contribution in [0.15, 0.2) is 46.7 Å². The van der Waals surface area contributed by atoms with Crippen molar-refractivity contribution < 1.29 is 19.1 Å². The van der Waals surface area contributed by atoms with Gasteiger partial charge in [-0.3, -0.25) is 18.8 Å². The zero-order chi connectivity index (χ0) is 23.4. The van der Waals surface area contributed by atoms with Crippen LogP contribution >= 0.6 is 11.3 Å². The molecule has 1 fully saturated rings. The number of unbranched alkanes of at least 4 members (excludes halogenated alkanes) is 1. The van der Waals surface area contributed by atoms with Crippen molar-refractivity contribution in [3.8, 4) is 5.75 Å². The number of benzene rings is 1. The average Bonchev–Trinajstić information content (AvgIpc) is 3.31. The van der Waals surface area contributed by atoms with Gasteiger partial charge in [0.2, 0.25) is 5.91 Å². The standard InChI is InChI=1S/C24H27N3O5S/c1-3-4-11-26-20(28)10-9-18(22(26)17-7-5-6-8-19(17)31-2)23(30)32-15-16-14-21(29)27-12-13-33-24(27)25-16/h5-8,12-14,18,22H,3-4,9-11,15H2,1-2H3/t18-,22-/m1/s1. The van der Waals surface area contributed by atoms with E-state index < -0.39 is 17.9 Å². The van der Waals surface area contributed by atoms with Gasteiger partial charge in [-0.25, -0.2) is 4.98 Å². The molecule has 3 aromatic rings. The molecule has 0 aliphatic carbocycles. The number of hydrogen-bond donors (Lipinski definition) is 0. The maximum atomic E-state index is 13.3. The Kier molecular flexibility index (Phi) is 7.08. The zero-order valence-corrected chi connectivity index (χ0v) is 19.5. The van der Waals surface area contributed by atoms with Crippen molar-refractivity contribution in [2.75, 3.05) is 13.7 Å². The molecule has 1 amide bonds. The van der Waals surface area contributed by atoms with E-state index in [2.05, 4.69) is 11.9 Å². The van der Waals surface area contributed by atoms with Crippen LogP contribution in [0.25, 0.3) is 4.96 Å². The SMILES string of the molecule is CCCCN1C(=O)CC[C@@H](C(=O)OCc2cc(=O)n3ccsc3n2)[C@H]1c1ccccc1OC. The number of aromatic nitrogens is 2. The molecule has 2 atom stereocenters. The molecule has 2 aromatic heterocycles. The maximum absolute atomic E-state index is 13.3. The van der Waals surface area contributed by atoms with Crippen molar-refractivity contribution in [1.29, 1.82) is 0 Å². The normalized spacial score (nSPS) is 18.5. The van der Waals surface area contributed by atoms with Crippen molar-refractivity contribution in [2.24, 2.45) is 5.92 Å². The number of amides is 1. The molecule has 1 aliphatic rings. The molecule has 0 spiro atoms. The zero-order valence-electron chi connectivity index (χ0n) is 18.7. The number of ether oxygens (including phenoxy) is 2. The molecule has 1 saturated heterocycles. The van der Waals surface area contributed by atoms with Gasteiger partial charge in [-0.15, -0.1) is 11.3 Å². The molecular formula is C24H27N3O5S. The summed E-state index contributed by atoms with van der Waals surface area (Å²) >= 11 is 1.34. The average molecular weight is 470 g/mol. The summed E-state index contributed by atoms with van der Waals surface area (Å²) in [5.41, 5.74) is 0.982. The molecule has 8 nitrogen and oxygen atoms in total. The van der Waals surface area contributed by atoms with E-state index in [9.17, 15) is 14.4 Å². The van der Waals surface area contributed by atoms with Crippen LogP contribution in [0, 0.1) is 5.92 Å². The third-order valence-corrected chi connectivity index (χ3v) is 6.69. The third-order valence-electron chi connectivity index (χ3n) is 5.94. The second kappa shape index (κ2) is 10.2. The quantitative estimate of drug-likeness (QED) is 0.469.